The van der Waals surface area contributed by atoms with Crippen molar-refractivity contribution in [2.45, 2.75) is 44.6 Å². The number of methoxy groups -OCH3 is 1. The van der Waals surface area contributed by atoms with E-state index >= 15 is 0 Å². The van der Waals surface area contributed by atoms with E-state index < -0.39 is 0 Å². The molecule has 0 bridgehead atoms. The number of nitrogens with zero attached hydrogens (tertiary/aromatic N) is 2. The summed E-state index contributed by atoms with van der Waals surface area (Å²) in [4.78, 5) is 27.6. The Morgan fingerprint density at radius 1 is 1.14 bits per heavy atom. The number of carbonyl (C=O) groups excluding carboxylic acids is 2. The van der Waals surface area contributed by atoms with Gasteiger partial charge < -0.3 is 15.4 Å². The second kappa shape index (κ2) is 8.48. The molecule has 126 valence electrons. The molecule has 0 aromatic heterocycles. The quantitative estimate of drug-likeness (QED) is 0.753. The molecular weight excluding hydrogens is 282 g/mol. The van der Waals surface area contributed by atoms with Crippen LogP contribution in [0.5, 0.6) is 0 Å². The van der Waals surface area contributed by atoms with Gasteiger partial charge in [-0.2, -0.15) is 0 Å². The second-order valence-electron chi connectivity index (χ2n) is 6.52. The number of carbonyl (C=O) groups is 2. The first-order valence-corrected chi connectivity index (χ1v) is 8.43. The summed E-state index contributed by atoms with van der Waals surface area (Å²) in [5, 5.41) is 0. The molecule has 2 N–H and O–H groups in total. The average Bonchev–Trinajstić information content (AvgIpc) is 2.55. The molecule has 1 aliphatic carbocycles. The molecule has 0 spiro atoms. The largest absolute Gasteiger partial charge is 0.468 e. The summed E-state index contributed by atoms with van der Waals surface area (Å²) < 4.78 is 4.67. The SMILES string of the molecule is COC(=O)CN1CCN(C(=O)C(N)CC2CCCCC2)CC1. The van der Waals surface area contributed by atoms with Crippen molar-refractivity contribution in [1.29, 1.82) is 0 Å². The summed E-state index contributed by atoms with van der Waals surface area (Å²) >= 11 is 0. The summed E-state index contributed by atoms with van der Waals surface area (Å²) in [5.41, 5.74) is 6.14. The summed E-state index contributed by atoms with van der Waals surface area (Å²) in [5.74, 6) is 0.463. The first-order chi connectivity index (χ1) is 10.6. The number of piperazine rings is 1. The number of nitrogens with two attached hydrogens (primary N) is 1. The van der Waals surface area contributed by atoms with Crippen molar-refractivity contribution >= 4 is 11.9 Å². The van der Waals surface area contributed by atoms with E-state index in [0.717, 1.165) is 6.42 Å². The third kappa shape index (κ3) is 4.95. The standard InChI is InChI=1S/C16H29N3O3/c1-22-15(20)12-18-7-9-19(10-8-18)16(21)14(17)11-13-5-3-2-4-6-13/h13-14H,2-12,17H2,1H3. The maximum atomic E-state index is 12.4. The van der Waals surface area contributed by atoms with Gasteiger partial charge in [0.05, 0.1) is 19.7 Å². The van der Waals surface area contributed by atoms with Gasteiger partial charge in [-0.25, -0.2) is 0 Å². The summed E-state index contributed by atoms with van der Waals surface area (Å²) in [6, 6.07) is -0.366. The zero-order chi connectivity index (χ0) is 15.9. The summed E-state index contributed by atoms with van der Waals surface area (Å²) in [7, 11) is 1.40. The lowest BCUT2D eigenvalue weighted by atomic mass is 9.84. The molecule has 0 aromatic carbocycles. The minimum Gasteiger partial charge on any atom is -0.468 e. The van der Waals surface area contributed by atoms with Crippen molar-refractivity contribution in [3.05, 3.63) is 0 Å². The van der Waals surface area contributed by atoms with E-state index in [4.69, 9.17) is 5.73 Å². The van der Waals surface area contributed by atoms with Crippen molar-refractivity contribution in [3.8, 4) is 0 Å². The molecule has 6 nitrogen and oxygen atoms in total. The van der Waals surface area contributed by atoms with E-state index in [1.807, 2.05) is 9.80 Å². The third-order valence-electron chi connectivity index (χ3n) is 4.89. The van der Waals surface area contributed by atoms with Crippen LogP contribution in [0.3, 0.4) is 0 Å². The van der Waals surface area contributed by atoms with Gasteiger partial charge in [-0.1, -0.05) is 32.1 Å². The molecule has 1 unspecified atom stereocenters. The van der Waals surface area contributed by atoms with Gasteiger partial charge >= 0.3 is 5.97 Å². The van der Waals surface area contributed by atoms with Crippen molar-refractivity contribution in [2.75, 3.05) is 39.8 Å². The first-order valence-electron chi connectivity index (χ1n) is 8.43. The fourth-order valence-electron chi connectivity index (χ4n) is 3.49. The molecule has 22 heavy (non-hydrogen) atoms. The van der Waals surface area contributed by atoms with Crippen LogP contribution >= 0.6 is 0 Å². The molecule has 2 fully saturated rings. The van der Waals surface area contributed by atoms with Crippen LogP contribution < -0.4 is 5.73 Å². The number of hydrogen-bond acceptors (Lipinski definition) is 5. The summed E-state index contributed by atoms with van der Waals surface area (Å²) in [6.07, 6.45) is 7.13. The van der Waals surface area contributed by atoms with Gasteiger partial charge in [-0.3, -0.25) is 14.5 Å². The van der Waals surface area contributed by atoms with Crippen molar-refractivity contribution in [1.82, 2.24) is 9.80 Å². The van der Waals surface area contributed by atoms with E-state index in [-0.39, 0.29) is 17.9 Å². The Hall–Kier alpha value is -1.14. The monoisotopic (exact) mass is 311 g/mol. The fraction of sp³-hybridized carbons (Fsp3) is 0.875. The predicted octanol–water partition coefficient (Wildman–Crippen LogP) is 0.601. The number of hydrogen-bond donors (Lipinski definition) is 1. The molecule has 1 saturated carbocycles. The average molecular weight is 311 g/mol. The maximum Gasteiger partial charge on any atom is 0.319 e. The van der Waals surface area contributed by atoms with Crippen LogP contribution in [0.25, 0.3) is 0 Å². The van der Waals surface area contributed by atoms with Crippen LogP contribution in [-0.4, -0.2) is 67.6 Å². The van der Waals surface area contributed by atoms with E-state index in [1.54, 1.807) is 0 Å². The molecule has 1 amide bonds. The highest BCUT2D eigenvalue weighted by Gasteiger charge is 2.28. The predicted molar refractivity (Wildman–Crippen MR) is 84.2 cm³/mol. The van der Waals surface area contributed by atoms with E-state index in [1.165, 1.54) is 39.2 Å². The zero-order valence-corrected chi connectivity index (χ0v) is 13.6. The van der Waals surface area contributed by atoms with Gasteiger partial charge in [0, 0.05) is 26.2 Å². The maximum absolute atomic E-state index is 12.4. The Morgan fingerprint density at radius 3 is 2.36 bits per heavy atom. The third-order valence-corrected chi connectivity index (χ3v) is 4.89. The van der Waals surface area contributed by atoms with Gasteiger partial charge in [0.15, 0.2) is 0 Å². The molecule has 1 aliphatic heterocycles. The van der Waals surface area contributed by atoms with E-state index in [0.29, 0.717) is 38.6 Å². The topological polar surface area (TPSA) is 75.9 Å². The van der Waals surface area contributed by atoms with Crippen LogP contribution in [-0.2, 0) is 14.3 Å². The number of rotatable bonds is 5. The fourth-order valence-corrected chi connectivity index (χ4v) is 3.49. The number of amides is 1. The molecular formula is C16H29N3O3. The highest BCUT2D eigenvalue weighted by atomic mass is 16.5. The van der Waals surface area contributed by atoms with Gasteiger partial charge in [-0.05, 0) is 12.3 Å². The Kier molecular flexibility index (Phi) is 6.64. The Morgan fingerprint density at radius 2 is 1.77 bits per heavy atom. The van der Waals surface area contributed by atoms with Gasteiger partial charge in [0.1, 0.15) is 0 Å². The molecule has 2 rings (SSSR count). The highest BCUT2D eigenvalue weighted by Crippen LogP contribution is 2.27. The van der Waals surface area contributed by atoms with Crippen molar-refractivity contribution in [2.24, 2.45) is 11.7 Å². The number of esters is 1. The zero-order valence-electron chi connectivity index (χ0n) is 13.6. The Balaban J connectivity index is 1.72. The molecule has 1 saturated heterocycles. The van der Waals surface area contributed by atoms with Gasteiger partial charge in [0.2, 0.25) is 5.91 Å². The smallest absolute Gasteiger partial charge is 0.319 e. The minimum atomic E-state index is -0.366. The number of ether oxygens (including phenoxy) is 1. The van der Waals surface area contributed by atoms with E-state index in [2.05, 4.69) is 4.74 Å². The molecule has 0 radical (unpaired) electrons. The molecule has 1 heterocycles. The van der Waals surface area contributed by atoms with Gasteiger partial charge in [0.25, 0.3) is 0 Å². The first kappa shape index (κ1) is 17.2. The molecule has 6 heteroatoms. The van der Waals surface area contributed by atoms with Crippen LogP contribution in [0.1, 0.15) is 38.5 Å². The second-order valence-corrected chi connectivity index (χ2v) is 6.52. The highest BCUT2D eigenvalue weighted by molar-refractivity contribution is 5.81. The molecule has 1 atom stereocenters. The van der Waals surface area contributed by atoms with E-state index in [9.17, 15) is 9.59 Å². The van der Waals surface area contributed by atoms with Crippen LogP contribution in [0.4, 0.5) is 0 Å². The normalized spacial score (nSPS) is 22.4. The summed E-state index contributed by atoms with van der Waals surface area (Å²) in [6.45, 7) is 3.00. The van der Waals surface area contributed by atoms with Crippen molar-refractivity contribution < 1.29 is 14.3 Å². The molecule has 0 aromatic rings. The Bertz CT molecular complexity index is 375. The molecule has 2 aliphatic rings. The lowest BCUT2D eigenvalue weighted by Crippen LogP contribution is -2.54. The van der Waals surface area contributed by atoms with Crippen LogP contribution in [0.15, 0.2) is 0 Å². The lowest BCUT2D eigenvalue weighted by molar-refractivity contribution is -0.143. The van der Waals surface area contributed by atoms with Crippen molar-refractivity contribution in [3.63, 3.8) is 0 Å². The van der Waals surface area contributed by atoms with Gasteiger partial charge in [-0.15, -0.1) is 0 Å². The minimum absolute atomic E-state index is 0.0725. The lowest BCUT2D eigenvalue weighted by Gasteiger charge is -2.36. The van der Waals surface area contributed by atoms with Crippen LogP contribution in [0, 0.1) is 5.92 Å². The van der Waals surface area contributed by atoms with Crippen LogP contribution in [0.2, 0.25) is 0 Å². The Labute approximate surface area is 132 Å².